The molecule has 1 aliphatic heterocycles. The Kier molecular flexibility index (Phi) is 3.57. The van der Waals surface area contributed by atoms with E-state index in [2.05, 4.69) is 10.6 Å². The Morgan fingerprint density at radius 1 is 1.39 bits per heavy atom. The van der Waals surface area contributed by atoms with Gasteiger partial charge in [0.2, 0.25) is 5.91 Å². The standard InChI is InChI=1S/C14H20N2O2/c1-14(2,16-13(17)10-8-15-9-10)11-6-4-5-7-12(11)18-3/h4-7,10,15H,8-9H2,1-3H3,(H,16,17). The van der Waals surface area contributed by atoms with E-state index in [-0.39, 0.29) is 11.8 Å². The lowest BCUT2D eigenvalue weighted by Crippen LogP contribution is -2.54. The van der Waals surface area contributed by atoms with Crippen LogP contribution in [0.3, 0.4) is 0 Å². The summed E-state index contributed by atoms with van der Waals surface area (Å²) in [5.74, 6) is 0.998. The average molecular weight is 248 g/mol. The van der Waals surface area contributed by atoms with E-state index in [1.54, 1.807) is 7.11 Å². The van der Waals surface area contributed by atoms with E-state index in [9.17, 15) is 4.79 Å². The van der Waals surface area contributed by atoms with Crippen molar-refractivity contribution < 1.29 is 9.53 Å². The number of ether oxygens (including phenoxy) is 1. The van der Waals surface area contributed by atoms with Crippen LogP contribution in [0.15, 0.2) is 24.3 Å². The molecule has 1 aromatic carbocycles. The van der Waals surface area contributed by atoms with Gasteiger partial charge in [0.1, 0.15) is 5.75 Å². The highest BCUT2D eigenvalue weighted by atomic mass is 16.5. The molecule has 1 heterocycles. The lowest BCUT2D eigenvalue weighted by molar-refractivity contribution is -0.128. The molecule has 1 aromatic rings. The van der Waals surface area contributed by atoms with Crippen molar-refractivity contribution >= 4 is 5.91 Å². The smallest absolute Gasteiger partial charge is 0.226 e. The number of benzene rings is 1. The summed E-state index contributed by atoms with van der Waals surface area (Å²) in [4.78, 5) is 12.0. The summed E-state index contributed by atoms with van der Waals surface area (Å²) in [5, 5.41) is 6.19. The van der Waals surface area contributed by atoms with Crippen molar-refractivity contribution in [2.24, 2.45) is 5.92 Å². The minimum Gasteiger partial charge on any atom is -0.496 e. The van der Waals surface area contributed by atoms with Gasteiger partial charge in [-0.15, -0.1) is 0 Å². The number of rotatable bonds is 4. The molecule has 18 heavy (non-hydrogen) atoms. The number of hydrogen-bond donors (Lipinski definition) is 2. The maximum Gasteiger partial charge on any atom is 0.226 e. The zero-order valence-electron chi connectivity index (χ0n) is 11.1. The van der Waals surface area contributed by atoms with Gasteiger partial charge in [-0.2, -0.15) is 0 Å². The van der Waals surface area contributed by atoms with Gasteiger partial charge in [0.05, 0.1) is 18.6 Å². The summed E-state index contributed by atoms with van der Waals surface area (Å²) in [6.45, 7) is 5.53. The van der Waals surface area contributed by atoms with Crippen LogP contribution in [0.5, 0.6) is 5.75 Å². The molecule has 0 unspecified atom stereocenters. The zero-order chi connectivity index (χ0) is 13.2. The zero-order valence-corrected chi connectivity index (χ0v) is 11.1. The molecule has 0 saturated carbocycles. The van der Waals surface area contributed by atoms with Crippen molar-refractivity contribution in [3.8, 4) is 5.75 Å². The van der Waals surface area contributed by atoms with Crippen molar-refractivity contribution in [2.45, 2.75) is 19.4 Å². The minimum absolute atomic E-state index is 0.0963. The first-order valence-corrected chi connectivity index (χ1v) is 6.21. The fraction of sp³-hybridized carbons (Fsp3) is 0.500. The molecule has 0 aromatic heterocycles. The number of methoxy groups -OCH3 is 1. The highest BCUT2D eigenvalue weighted by Crippen LogP contribution is 2.29. The fourth-order valence-corrected chi connectivity index (χ4v) is 2.11. The van der Waals surface area contributed by atoms with Crippen molar-refractivity contribution in [3.05, 3.63) is 29.8 Å². The molecule has 4 nitrogen and oxygen atoms in total. The second kappa shape index (κ2) is 4.98. The number of amides is 1. The predicted octanol–water partition coefficient (Wildman–Crippen LogP) is 1.27. The highest BCUT2D eigenvalue weighted by molar-refractivity contribution is 5.81. The number of para-hydroxylation sites is 1. The van der Waals surface area contributed by atoms with E-state index in [0.717, 1.165) is 24.4 Å². The Hall–Kier alpha value is -1.55. The quantitative estimate of drug-likeness (QED) is 0.843. The SMILES string of the molecule is COc1ccccc1C(C)(C)NC(=O)C1CNC1. The molecule has 0 spiro atoms. The van der Waals surface area contributed by atoms with E-state index in [0.29, 0.717) is 0 Å². The lowest BCUT2D eigenvalue weighted by atomic mass is 9.91. The Morgan fingerprint density at radius 3 is 2.61 bits per heavy atom. The number of carbonyl (C=O) groups excluding carboxylic acids is 1. The van der Waals surface area contributed by atoms with Gasteiger partial charge >= 0.3 is 0 Å². The molecule has 0 bridgehead atoms. The van der Waals surface area contributed by atoms with E-state index in [1.807, 2.05) is 38.1 Å². The highest BCUT2D eigenvalue weighted by Gasteiger charge is 2.31. The van der Waals surface area contributed by atoms with E-state index in [4.69, 9.17) is 4.74 Å². The van der Waals surface area contributed by atoms with Crippen LogP contribution in [-0.2, 0) is 10.3 Å². The molecule has 0 atom stereocenters. The molecule has 2 rings (SSSR count). The van der Waals surface area contributed by atoms with Crippen LogP contribution < -0.4 is 15.4 Å². The molecule has 1 fully saturated rings. The molecular weight excluding hydrogens is 228 g/mol. The first kappa shape index (κ1) is 12.9. The molecule has 4 heteroatoms. The Labute approximate surface area is 108 Å². The molecule has 0 aliphatic carbocycles. The third-order valence-corrected chi connectivity index (χ3v) is 3.37. The molecule has 2 N–H and O–H groups in total. The van der Waals surface area contributed by atoms with Crippen molar-refractivity contribution in [2.75, 3.05) is 20.2 Å². The van der Waals surface area contributed by atoms with Gasteiger partial charge in [-0.3, -0.25) is 4.79 Å². The number of hydrogen-bond acceptors (Lipinski definition) is 3. The third kappa shape index (κ3) is 2.48. The van der Waals surface area contributed by atoms with Gasteiger partial charge < -0.3 is 15.4 Å². The van der Waals surface area contributed by atoms with E-state index < -0.39 is 5.54 Å². The maximum atomic E-state index is 12.0. The van der Waals surface area contributed by atoms with E-state index in [1.165, 1.54) is 0 Å². The molecular formula is C14H20N2O2. The molecule has 0 radical (unpaired) electrons. The summed E-state index contributed by atoms with van der Waals surface area (Å²) in [5.41, 5.74) is 0.562. The summed E-state index contributed by atoms with van der Waals surface area (Å²) < 4.78 is 5.35. The van der Waals surface area contributed by atoms with Crippen LogP contribution in [0.2, 0.25) is 0 Å². The number of carbonyl (C=O) groups is 1. The lowest BCUT2D eigenvalue weighted by Gasteiger charge is -2.33. The van der Waals surface area contributed by atoms with Crippen LogP contribution in [0.25, 0.3) is 0 Å². The second-order valence-corrected chi connectivity index (χ2v) is 5.17. The van der Waals surface area contributed by atoms with Crippen molar-refractivity contribution in [1.82, 2.24) is 10.6 Å². The van der Waals surface area contributed by atoms with Crippen LogP contribution in [0.1, 0.15) is 19.4 Å². The third-order valence-electron chi connectivity index (χ3n) is 3.37. The monoisotopic (exact) mass is 248 g/mol. The van der Waals surface area contributed by atoms with Gasteiger partial charge in [0.25, 0.3) is 0 Å². The minimum atomic E-state index is -0.431. The Morgan fingerprint density at radius 2 is 2.06 bits per heavy atom. The first-order valence-electron chi connectivity index (χ1n) is 6.21. The summed E-state index contributed by atoms with van der Waals surface area (Å²) in [6.07, 6.45) is 0. The molecule has 1 saturated heterocycles. The fourth-order valence-electron chi connectivity index (χ4n) is 2.11. The largest absolute Gasteiger partial charge is 0.496 e. The molecule has 1 aliphatic rings. The second-order valence-electron chi connectivity index (χ2n) is 5.17. The van der Waals surface area contributed by atoms with Crippen LogP contribution in [0.4, 0.5) is 0 Å². The van der Waals surface area contributed by atoms with Gasteiger partial charge in [-0.1, -0.05) is 18.2 Å². The maximum absolute atomic E-state index is 12.0. The molecule has 1 amide bonds. The number of nitrogens with one attached hydrogen (secondary N) is 2. The first-order chi connectivity index (χ1) is 8.54. The molecule has 98 valence electrons. The summed E-state index contributed by atoms with van der Waals surface area (Å²) >= 11 is 0. The van der Waals surface area contributed by atoms with Crippen LogP contribution in [0, 0.1) is 5.92 Å². The van der Waals surface area contributed by atoms with Gasteiger partial charge in [-0.25, -0.2) is 0 Å². The van der Waals surface area contributed by atoms with Gasteiger partial charge in [0, 0.05) is 18.7 Å². The van der Waals surface area contributed by atoms with Crippen molar-refractivity contribution in [1.29, 1.82) is 0 Å². The summed E-state index contributed by atoms with van der Waals surface area (Å²) in [6, 6.07) is 7.78. The predicted molar refractivity (Wildman–Crippen MR) is 70.5 cm³/mol. The Balaban J connectivity index is 2.15. The topological polar surface area (TPSA) is 50.4 Å². The van der Waals surface area contributed by atoms with Crippen molar-refractivity contribution in [3.63, 3.8) is 0 Å². The average Bonchev–Trinajstić information content (AvgIpc) is 2.25. The van der Waals surface area contributed by atoms with Crippen LogP contribution >= 0.6 is 0 Å². The van der Waals surface area contributed by atoms with E-state index >= 15 is 0 Å². The van der Waals surface area contributed by atoms with Crippen LogP contribution in [-0.4, -0.2) is 26.1 Å². The Bertz CT molecular complexity index is 439. The van der Waals surface area contributed by atoms with Gasteiger partial charge in [-0.05, 0) is 19.9 Å². The van der Waals surface area contributed by atoms with Gasteiger partial charge in [0.15, 0.2) is 0 Å². The summed E-state index contributed by atoms with van der Waals surface area (Å²) in [7, 11) is 1.65. The normalized spacial score (nSPS) is 15.9.